The highest BCUT2D eigenvalue weighted by Gasteiger charge is 2.48. The summed E-state index contributed by atoms with van der Waals surface area (Å²) < 4.78 is 74.4. The molecule has 230 valence electrons. The van der Waals surface area contributed by atoms with Gasteiger partial charge in [-0.2, -0.15) is 21.6 Å². The van der Waals surface area contributed by atoms with Crippen LogP contribution in [0.15, 0.2) is 30.3 Å². The van der Waals surface area contributed by atoms with Gasteiger partial charge >= 0.3 is 12.3 Å². The number of ether oxygens (including phenoxy) is 1. The van der Waals surface area contributed by atoms with Gasteiger partial charge in [-0.3, -0.25) is 24.0 Å². The lowest BCUT2D eigenvalue weighted by Gasteiger charge is -2.31. The number of aromatic nitrogens is 1. The summed E-state index contributed by atoms with van der Waals surface area (Å²) in [5, 5.41) is 2.52. The first-order valence-corrected chi connectivity index (χ1v) is 14.7. The van der Waals surface area contributed by atoms with Crippen molar-refractivity contribution < 1.29 is 44.9 Å². The van der Waals surface area contributed by atoms with Gasteiger partial charge in [0.25, 0.3) is 10.1 Å². The molecule has 0 bridgehead atoms. The van der Waals surface area contributed by atoms with Gasteiger partial charge in [0.2, 0.25) is 11.8 Å². The molecule has 2 heterocycles. The summed E-state index contributed by atoms with van der Waals surface area (Å²) in [6, 6.07) is 4.26. The second-order valence-corrected chi connectivity index (χ2v) is 12.7. The predicted octanol–water partition coefficient (Wildman–Crippen LogP) is 4.77. The van der Waals surface area contributed by atoms with Crippen LogP contribution in [0.5, 0.6) is 0 Å². The molecule has 0 saturated carbocycles. The highest BCUT2D eigenvalue weighted by molar-refractivity contribution is 7.85. The quantitative estimate of drug-likeness (QED) is 0.431. The van der Waals surface area contributed by atoms with Gasteiger partial charge in [0.05, 0.1) is 34.8 Å². The van der Waals surface area contributed by atoms with Gasteiger partial charge in [-0.05, 0) is 52.0 Å². The number of nitrogens with one attached hydrogen (secondary N) is 1. The fourth-order valence-corrected chi connectivity index (χ4v) is 4.96. The van der Waals surface area contributed by atoms with E-state index in [1.54, 1.807) is 20.8 Å². The van der Waals surface area contributed by atoms with Gasteiger partial charge < -0.3 is 9.64 Å². The molecule has 1 aliphatic rings. The number of rotatable bonds is 7. The van der Waals surface area contributed by atoms with Crippen LogP contribution in [0.3, 0.4) is 0 Å². The Hall–Kier alpha value is -3.43. The first-order valence-electron chi connectivity index (χ1n) is 12.5. The average molecular weight is 635 g/mol. The molecule has 1 saturated heterocycles. The number of carbonyl (C=O) groups excluding carboxylic acids is 3. The number of anilines is 3. The Labute approximate surface area is 246 Å². The van der Waals surface area contributed by atoms with E-state index >= 15 is 0 Å². The maximum absolute atomic E-state index is 14.0. The van der Waals surface area contributed by atoms with Crippen LogP contribution in [0.25, 0.3) is 0 Å². The van der Waals surface area contributed by atoms with Gasteiger partial charge in [-0.15, -0.1) is 0 Å². The van der Waals surface area contributed by atoms with E-state index in [4.69, 9.17) is 20.5 Å². The summed E-state index contributed by atoms with van der Waals surface area (Å²) in [4.78, 5) is 45.7. The molecule has 0 unspecified atom stereocenters. The summed E-state index contributed by atoms with van der Waals surface area (Å²) in [6.07, 6.45) is -5.29. The third-order valence-corrected chi connectivity index (χ3v) is 6.88. The number of hydrogen-bond acceptors (Lipinski definition) is 8. The molecule has 0 radical (unpaired) electrons. The number of likely N-dealkylation sites (N-methyl/N-ethyl adjacent to an activating group) is 1. The van der Waals surface area contributed by atoms with Crippen LogP contribution in [0.2, 0.25) is 5.02 Å². The number of amides is 3. The van der Waals surface area contributed by atoms with Gasteiger partial charge in [0.1, 0.15) is 17.5 Å². The summed E-state index contributed by atoms with van der Waals surface area (Å²) in [7, 11) is -2.70. The Bertz CT molecular complexity index is 1500. The smallest absolute Gasteiger partial charge is 0.416 e. The molecule has 1 N–H and O–H groups in total. The van der Waals surface area contributed by atoms with E-state index in [0.29, 0.717) is 6.07 Å². The lowest BCUT2D eigenvalue weighted by Crippen LogP contribution is -2.49. The Morgan fingerprint density at radius 3 is 2.43 bits per heavy atom. The molecule has 1 aliphatic heterocycles. The molecule has 16 heteroatoms. The molecule has 1 fully saturated rings. The second-order valence-electron chi connectivity index (χ2n) is 10.7. The van der Waals surface area contributed by atoms with Gasteiger partial charge in [-0.25, -0.2) is 9.78 Å². The van der Waals surface area contributed by atoms with E-state index in [9.17, 15) is 36.0 Å². The number of carbonyl (C=O) groups is 3. The second kappa shape index (κ2) is 12.1. The molecule has 0 aliphatic carbocycles. The average Bonchev–Trinajstić information content (AvgIpc) is 3.16. The van der Waals surface area contributed by atoms with Crippen LogP contribution in [-0.2, 0) is 34.8 Å². The minimum atomic E-state index is -4.77. The van der Waals surface area contributed by atoms with Crippen molar-refractivity contribution in [3.05, 3.63) is 46.6 Å². The van der Waals surface area contributed by atoms with Crippen LogP contribution < -0.4 is 15.1 Å². The lowest BCUT2D eigenvalue weighted by molar-refractivity contribution is -0.137. The lowest BCUT2D eigenvalue weighted by atomic mass is 9.99. The monoisotopic (exact) mass is 634 g/mol. The fourth-order valence-electron chi connectivity index (χ4n) is 4.32. The number of hydrogen-bond donors (Lipinski definition) is 1. The zero-order chi connectivity index (χ0) is 31.8. The number of para-hydroxylation sites is 1. The summed E-state index contributed by atoms with van der Waals surface area (Å²) in [5.74, 6) is -3.15. The largest absolute Gasteiger partial charge is 0.444 e. The predicted molar refractivity (Wildman–Crippen MR) is 149 cm³/mol. The van der Waals surface area contributed by atoms with Crippen LogP contribution in [-0.4, -0.2) is 62.9 Å². The van der Waals surface area contributed by atoms with Crippen molar-refractivity contribution in [2.24, 2.45) is 5.92 Å². The Balaban J connectivity index is 2.09. The summed E-state index contributed by atoms with van der Waals surface area (Å²) in [5.41, 5.74) is -1.97. The Morgan fingerprint density at radius 2 is 1.86 bits per heavy atom. The van der Waals surface area contributed by atoms with Crippen molar-refractivity contribution in [3.8, 4) is 0 Å². The molecular weight excluding hydrogens is 605 g/mol. The number of halogens is 4. The molecule has 3 amide bonds. The van der Waals surface area contributed by atoms with Crippen molar-refractivity contribution in [2.45, 2.75) is 51.9 Å². The molecule has 42 heavy (non-hydrogen) atoms. The van der Waals surface area contributed by atoms with E-state index < -0.39 is 76.2 Å². The minimum absolute atomic E-state index is 0.0166. The van der Waals surface area contributed by atoms with Crippen molar-refractivity contribution in [1.82, 2.24) is 4.98 Å². The van der Waals surface area contributed by atoms with E-state index in [-0.39, 0.29) is 22.1 Å². The van der Waals surface area contributed by atoms with Gasteiger partial charge in [0, 0.05) is 25.1 Å². The SMILES string of the molecule is Cc1cc(C(F)(F)F)cc(N2C(=O)C[C@H](COS(C)(=O)=O)[C@H]2C(=O)N(C)c2cccc(Cl)c2NC(=O)OC(C)(C)C)n1. The van der Waals surface area contributed by atoms with Crippen LogP contribution in [0.4, 0.5) is 35.2 Å². The van der Waals surface area contributed by atoms with E-state index in [1.807, 2.05) is 0 Å². The first-order chi connectivity index (χ1) is 19.2. The molecule has 2 aromatic rings. The fraction of sp³-hybridized carbons (Fsp3) is 0.462. The van der Waals surface area contributed by atoms with Crippen LogP contribution in [0.1, 0.15) is 38.4 Å². The zero-order valence-corrected chi connectivity index (χ0v) is 25.1. The van der Waals surface area contributed by atoms with Crippen molar-refractivity contribution in [3.63, 3.8) is 0 Å². The standard InChI is InChI=1S/C26H30ClF3N4O7S/c1-14-10-16(26(28,29)30)12-19(31-14)34-20(35)11-15(13-40-42(6,38)39)22(34)23(36)33(5)18-9-7-8-17(27)21(18)32-24(37)41-25(2,3)4/h7-10,12,15,22H,11,13H2,1-6H3,(H,32,37)/t15-,22+/m1/s1. The van der Waals surface area contributed by atoms with Crippen LogP contribution in [0, 0.1) is 12.8 Å². The Kier molecular flexibility index (Phi) is 9.49. The number of alkyl halides is 3. The third kappa shape index (κ3) is 8.10. The van der Waals surface area contributed by atoms with Crippen molar-refractivity contribution in [2.75, 3.05) is 35.0 Å². The zero-order valence-electron chi connectivity index (χ0n) is 23.6. The first kappa shape index (κ1) is 33.1. The normalized spacial score (nSPS) is 17.8. The van der Waals surface area contributed by atoms with E-state index in [0.717, 1.165) is 22.1 Å². The van der Waals surface area contributed by atoms with Crippen molar-refractivity contribution >= 4 is 56.8 Å². The summed E-state index contributed by atoms with van der Waals surface area (Å²) in [6.45, 7) is 5.62. The molecule has 2 atom stereocenters. The molecule has 1 aromatic carbocycles. The topological polar surface area (TPSA) is 135 Å². The highest BCUT2D eigenvalue weighted by Crippen LogP contribution is 2.38. The summed E-state index contributed by atoms with van der Waals surface area (Å²) >= 11 is 6.33. The number of aryl methyl sites for hydroxylation is 1. The highest BCUT2D eigenvalue weighted by atomic mass is 35.5. The van der Waals surface area contributed by atoms with Crippen molar-refractivity contribution in [1.29, 1.82) is 0 Å². The number of benzene rings is 1. The van der Waals surface area contributed by atoms with E-state index in [2.05, 4.69) is 10.3 Å². The van der Waals surface area contributed by atoms with Gasteiger partial charge in [-0.1, -0.05) is 17.7 Å². The molecule has 0 spiro atoms. The molecule has 1 aromatic heterocycles. The van der Waals surface area contributed by atoms with Gasteiger partial charge in [0.15, 0.2) is 0 Å². The Morgan fingerprint density at radius 1 is 1.21 bits per heavy atom. The maximum atomic E-state index is 14.0. The maximum Gasteiger partial charge on any atom is 0.416 e. The minimum Gasteiger partial charge on any atom is -0.444 e. The third-order valence-electron chi connectivity index (χ3n) is 6.00. The molecule has 3 rings (SSSR count). The number of nitrogens with zero attached hydrogens (tertiary/aromatic N) is 3. The molecule has 11 nitrogen and oxygen atoms in total. The van der Waals surface area contributed by atoms with E-state index in [1.165, 1.54) is 32.2 Å². The molecular formula is C26H30ClF3N4O7S. The number of pyridine rings is 1. The van der Waals surface area contributed by atoms with Crippen LogP contribution >= 0.6 is 11.6 Å².